The molecule has 0 atom stereocenters. The smallest absolute Gasteiger partial charge is 0.137 e. The third-order valence-corrected chi connectivity index (χ3v) is 2.19. The van der Waals surface area contributed by atoms with E-state index in [9.17, 15) is 0 Å². The van der Waals surface area contributed by atoms with Crippen molar-refractivity contribution >= 4 is 0 Å². The van der Waals surface area contributed by atoms with E-state index in [0.717, 1.165) is 12.2 Å². The van der Waals surface area contributed by atoms with Gasteiger partial charge in [-0.25, -0.2) is 0 Å². The van der Waals surface area contributed by atoms with Gasteiger partial charge >= 0.3 is 0 Å². The average molecular weight is 233 g/mol. The molecule has 1 aromatic carbocycles. The number of rotatable bonds is 6. The van der Waals surface area contributed by atoms with E-state index in [1.807, 2.05) is 25.1 Å². The maximum absolute atomic E-state index is 8.96. The number of nitrogens with zero attached hydrogens (tertiary/aromatic N) is 1. The second-order valence-electron chi connectivity index (χ2n) is 4.43. The summed E-state index contributed by atoms with van der Waals surface area (Å²) in [6.07, 6.45) is 0. The minimum Gasteiger partial charge on any atom is -0.490 e. The van der Waals surface area contributed by atoms with Crippen LogP contribution in [0.5, 0.6) is 5.75 Å². The van der Waals surface area contributed by atoms with Crippen molar-refractivity contribution in [3.05, 3.63) is 29.3 Å². The lowest BCUT2D eigenvalue weighted by Crippen LogP contribution is -2.10. The molecule has 0 aliphatic heterocycles. The lowest BCUT2D eigenvalue weighted by Gasteiger charge is -2.10. The van der Waals surface area contributed by atoms with Crippen LogP contribution in [0.1, 0.15) is 25.0 Å². The molecule has 1 aromatic rings. The number of benzene rings is 1. The maximum Gasteiger partial charge on any atom is 0.137 e. The van der Waals surface area contributed by atoms with E-state index in [-0.39, 0.29) is 0 Å². The molecular weight excluding hydrogens is 214 g/mol. The van der Waals surface area contributed by atoms with E-state index in [4.69, 9.17) is 14.7 Å². The van der Waals surface area contributed by atoms with Crippen molar-refractivity contribution in [3.8, 4) is 11.8 Å². The second kappa shape index (κ2) is 6.93. The first-order chi connectivity index (χ1) is 8.13. The molecule has 0 fully saturated rings. The molecule has 0 amide bonds. The molecule has 3 heteroatoms. The molecule has 0 aromatic heterocycles. The Hall–Kier alpha value is -1.53. The van der Waals surface area contributed by atoms with Crippen LogP contribution in [0.25, 0.3) is 0 Å². The number of hydrogen-bond acceptors (Lipinski definition) is 3. The monoisotopic (exact) mass is 233 g/mol. The van der Waals surface area contributed by atoms with Crippen LogP contribution < -0.4 is 4.74 Å². The van der Waals surface area contributed by atoms with Crippen molar-refractivity contribution in [3.63, 3.8) is 0 Å². The summed E-state index contributed by atoms with van der Waals surface area (Å²) >= 11 is 0. The molecule has 17 heavy (non-hydrogen) atoms. The third kappa shape index (κ3) is 4.88. The Kier molecular flexibility index (Phi) is 5.51. The van der Waals surface area contributed by atoms with Crippen molar-refractivity contribution in [1.29, 1.82) is 5.26 Å². The number of hydrogen-bond donors (Lipinski definition) is 0. The summed E-state index contributed by atoms with van der Waals surface area (Å²) in [6, 6.07) is 7.72. The lowest BCUT2D eigenvalue weighted by molar-refractivity contribution is 0.0818. The molecule has 0 aliphatic rings. The van der Waals surface area contributed by atoms with Crippen molar-refractivity contribution in [2.24, 2.45) is 5.92 Å². The van der Waals surface area contributed by atoms with E-state index in [1.54, 1.807) is 0 Å². The Morgan fingerprint density at radius 1 is 1.29 bits per heavy atom. The van der Waals surface area contributed by atoms with Gasteiger partial charge < -0.3 is 9.47 Å². The lowest BCUT2D eigenvalue weighted by atomic mass is 10.1. The van der Waals surface area contributed by atoms with Gasteiger partial charge in [-0.3, -0.25) is 0 Å². The summed E-state index contributed by atoms with van der Waals surface area (Å²) in [5, 5.41) is 8.96. The zero-order chi connectivity index (χ0) is 12.7. The summed E-state index contributed by atoms with van der Waals surface area (Å²) in [7, 11) is 0. The van der Waals surface area contributed by atoms with Gasteiger partial charge in [-0.15, -0.1) is 0 Å². The molecule has 0 N–H and O–H groups in total. The minimum absolute atomic E-state index is 0.477. The molecule has 0 saturated heterocycles. The normalized spacial score (nSPS) is 10.3. The fourth-order valence-electron chi connectivity index (χ4n) is 1.39. The van der Waals surface area contributed by atoms with Gasteiger partial charge in [0.25, 0.3) is 0 Å². The van der Waals surface area contributed by atoms with E-state index < -0.39 is 0 Å². The fraction of sp³-hybridized carbons (Fsp3) is 0.500. The molecule has 0 saturated carbocycles. The van der Waals surface area contributed by atoms with E-state index in [1.165, 1.54) is 0 Å². The summed E-state index contributed by atoms with van der Waals surface area (Å²) in [5.74, 6) is 1.16. The molecule has 0 unspecified atom stereocenters. The van der Waals surface area contributed by atoms with E-state index in [0.29, 0.717) is 30.4 Å². The Balaban J connectivity index is 2.39. The van der Waals surface area contributed by atoms with Crippen LogP contribution in [-0.4, -0.2) is 19.8 Å². The van der Waals surface area contributed by atoms with Crippen molar-refractivity contribution in [2.45, 2.75) is 20.8 Å². The number of aryl methyl sites for hydroxylation is 1. The van der Waals surface area contributed by atoms with Crippen LogP contribution in [0.4, 0.5) is 0 Å². The predicted molar refractivity (Wildman–Crippen MR) is 67.0 cm³/mol. The molecule has 0 aliphatic carbocycles. The van der Waals surface area contributed by atoms with Crippen molar-refractivity contribution < 1.29 is 9.47 Å². The quantitative estimate of drug-likeness (QED) is 0.709. The third-order valence-electron chi connectivity index (χ3n) is 2.19. The molecule has 92 valence electrons. The number of ether oxygens (including phenoxy) is 2. The van der Waals surface area contributed by atoms with Gasteiger partial charge in [0.2, 0.25) is 0 Å². The predicted octanol–water partition coefficient (Wildman–Crippen LogP) is 2.92. The topological polar surface area (TPSA) is 42.2 Å². The van der Waals surface area contributed by atoms with Crippen LogP contribution in [0.2, 0.25) is 0 Å². The Morgan fingerprint density at radius 3 is 2.71 bits per heavy atom. The highest BCUT2D eigenvalue weighted by molar-refractivity contribution is 5.45. The Morgan fingerprint density at radius 2 is 2.06 bits per heavy atom. The molecular formula is C14H19NO2. The summed E-state index contributed by atoms with van der Waals surface area (Å²) in [5.41, 5.74) is 1.64. The first-order valence-corrected chi connectivity index (χ1v) is 5.84. The SMILES string of the molecule is Cc1ccc(OCCOCC(C)C)c(C#N)c1. The van der Waals surface area contributed by atoms with Crippen LogP contribution in [-0.2, 0) is 4.74 Å². The molecule has 1 rings (SSSR count). The summed E-state index contributed by atoms with van der Waals surface area (Å²) in [4.78, 5) is 0. The molecule has 0 bridgehead atoms. The van der Waals surface area contributed by atoms with E-state index >= 15 is 0 Å². The van der Waals surface area contributed by atoms with Gasteiger partial charge in [0.1, 0.15) is 18.4 Å². The average Bonchev–Trinajstić information content (AvgIpc) is 2.29. The zero-order valence-corrected chi connectivity index (χ0v) is 10.7. The highest BCUT2D eigenvalue weighted by Crippen LogP contribution is 2.18. The largest absolute Gasteiger partial charge is 0.490 e. The molecule has 0 heterocycles. The van der Waals surface area contributed by atoms with Crippen LogP contribution in [0, 0.1) is 24.2 Å². The molecule has 3 nitrogen and oxygen atoms in total. The summed E-state index contributed by atoms with van der Waals surface area (Å²) < 4.78 is 10.9. The maximum atomic E-state index is 8.96. The molecule has 0 spiro atoms. The van der Waals surface area contributed by atoms with Crippen LogP contribution in [0.15, 0.2) is 18.2 Å². The summed E-state index contributed by atoms with van der Waals surface area (Å²) in [6.45, 7) is 7.93. The van der Waals surface area contributed by atoms with Gasteiger partial charge in [-0.05, 0) is 30.5 Å². The van der Waals surface area contributed by atoms with Gasteiger partial charge in [0.15, 0.2) is 0 Å². The number of nitriles is 1. The Bertz CT molecular complexity index is 394. The van der Waals surface area contributed by atoms with Crippen LogP contribution >= 0.6 is 0 Å². The first-order valence-electron chi connectivity index (χ1n) is 5.84. The second-order valence-corrected chi connectivity index (χ2v) is 4.43. The van der Waals surface area contributed by atoms with Crippen molar-refractivity contribution in [1.82, 2.24) is 0 Å². The zero-order valence-electron chi connectivity index (χ0n) is 10.7. The van der Waals surface area contributed by atoms with Crippen LogP contribution in [0.3, 0.4) is 0 Å². The standard InChI is InChI=1S/C14H19NO2/c1-11(2)10-16-6-7-17-14-5-4-12(3)8-13(14)9-15/h4-5,8,11H,6-7,10H2,1-3H3. The minimum atomic E-state index is 0.477. The van der Waals surface area contributed by atoms with Gasteiger partial charge in [-0.1, -0.05) is 19.9 Å². The van der Waals surface area contributed by atoms with Gasteiger partial charge in [0.05, 0.1) is 12.2 Å². The van der Waals surface area contributed by atoms with E-state index in [2.05, 4.69) is 19.9 Å². The van der Waals surface area contributed by atoms with Gasteiger partial charge in [0, 0.05) is 6.61 Å². The van der Waals surface area contributed by atoms with Crippen molar-refractivity contribution in [2.75, 3.05) is 19.8 Å². The fourth-order valence-corrected chi connectivity index (χ4v) is 1.39. The first kappa shape index (κ1) is 13.5. The Labute approximate surface area is 103 Å². The molecule has 0 radical (unpaired) electrons. The highest BCUT2D eigenvalue weighted by Gasteiger charge is 2.03. The highest BCUT2D eigenvalue weighted by atomic mass is 16.5. The van der Waals surface area contributed by atoms with Gasteiger partial charge in [-0.2, -0.15) is 5.26 Å².